The highest BCUT2D eigenvalue weighted by Gasteiger charge is 2.21. The molecular weight excluding hydrogens is 330 g/mol. The Morgan fingerprint density at radius 3 is 2.89 bits per heavy atom. The van der Waals surface area contributed by atoms with E-state index < -0.39 is 0 Å². The lowest BCUT2D eigenvalue weighted by Gasteiger charge is -1.99. The van der Waals surface area contributed by atoms with Gasteiger partial charge in [-0.2, -0.15) is 0 Å². The Bertz CT molecular complexity index is 669. The molecule has 1 aliphatic heterocycles. The fraction of sp³-hybridized carbons (Fsp3) is 0.273. The van der Waals surface area contributed by atoms with Crippen LogP contribution in [0.25, 0.3) is 16.5 Å². The lowest BCUT2D eigenvalue weighted by Crippen LogP contribution is -1.97. The minimum absolute atomic E-state index is 0.267. The molecule has 2 aromatic rings. The number of allylic oxidation sites excluding steroid dienone is 1. The molecule has 1 aliphatic rings. The summed E-state index contributed by atoms with van der Waals surface area (Å²) in [5, 5.41) is 8.06. The quantitative estimate of drug-likeness (QED) is 0.899. The molecule has 6 nitrogen and oxygen atoms in total. The lowest BCUT2D eigenvalue weighted by molar-refractivity contribution is 0.553. The monoisotopic (exact) mass is 339 g/mol. The molecule has 0 atom stereocenters. The van der Waals surface area contributed by atoms with Gasteiger partial charge in [0, 0.05) is 5.75 Å². The zero-order valence-electron chi connectivity index (χ0n) is 10.1. The van der Waals surface area contributed by atoms with Gasteiger partial charge in [-0.3, -0.25) is 0 Å². The molecule has 8 heteroatoms. The Kier molecular flexibility index (Phi) is 3.28. The van der Waals surface area contributed by atoms with Crippen LogP contribution in [0.2, 0.25) is 0 Å². The zero-order valence-corrected chi connectivity index (χ0v) is 12.5. The van der Waals surface area contributed by atoms with Crippen LogP contribution in [0.1, 0.15) is 19.2 Å². The van der Waals surface area contributed by atoms with Crippen molar-refractivity contribution in [3.8, 4) is 11.6 Å². The van der Waals surface area contributed by atoms with Crippen molar-refractivity contribution >= 4 is 38.4 Å². The summed E-state index contributed by atoms with van der Waals surface area (Å²) in [5.41, 5.74) is 7.44. The maximum Gasteiger partial charge on any atom is 0.270 e. The van der Waals surface area contributed by atoms with E-state index in [1.807, 2.05) is 0 Å². The topological polar surface area (TPSA) is 90.7 Å². The normalized spacial score (nSPS) is 15.3. The maximum absolute atomic E-state index is 5.77. The van der Waals surface area contributed by atoms with Crippen molar-refractivity contribution in [3.63, 3.8) is 0 Å². The van der Waals surface area contributed by atoms with Crippen molar-refractivity contribution in [1.29, 1.82) is 0 Å². The van der Waals surface area contributed by atoms with E-state index in [-0.39, 0.29) is 11.7 Å². The highest BCUT2D eigenvalue weighted by molar-refractivity contribution is 9.10. The second-order valence-corrected chi connectivity index (χ2v) is 5.96. The van der Waals surface area contributed by atoms with E-state index in [4.69, 9.17) is 10.2 Å². The van der Waals surface area contributed by atoms with E-state index in [9.17, 15) is 0 Å². The summed E-state index contributed by atoms with van der Waals surface area (Å²) in [6, 6.07) is 0. The van der Waals surface area contributed by atoms with Crippen molar-refractivity contribution < 1.29 is 4.42 Å². The molecule has 2 N–H and O–H groups in total. The predicted octanol–water partition coefficient (Wildman–Crippen LogP) is 2.74. The lowest BCUT2D eigenvalue weighted by atomic mass is 10.2. The van der Waals surface area contributed by atoms with Gasteiger partial charge in [-0.25, -0.2) is 9.97 Å². The first-order chi connectivity index (χ1) is 9.15. The molecule has 0 aliphatic carbocycles. The molecule has 0 spiro atoms. The SMILES string of the molecule is CC1=C(c2nnc(-c3nc(Br)cnc3N)o2)SCC1. The molecule has 0 unspecified atom stereocenters. The summed E-state index contributed by atoms with van der Waals surface area (Å²) < 4.78 is 6.23. The van der Waals surface area contributed by atoms with Gasteiger partial charge >= 0.3 is 0 Å². The van der Waals surface area contributed by atoms with Crippen LogP contribution in [0.5, 0.6) is 0 Å². The van der Waals surface area contributed by atoms with Crippen LogP contribution in [0, 0.1) is 0 Å². The summed E-state index contributed by atoms with van der Waals surface area (Å²) in [6.07, 6.45) is 2.58. The molecule has 0 saturated carbocycles. The van der Waals surface area contributed by atoms with Crippen LogP contribution in [0.4, 0.5) is 5.82 Å². The van der Waals surface area contributed by atoms with Crippen LogP contribution in [0.3, 0.4) is 0 Å². The number of anilines is 1. The third kappa shape index (κ3) is 2.37. The average molecular weight is 340 g/mol. The molecule has 0 saturated heterocycles. The number of rotatable bonds is 2. The van der Waals surface area contributed by atoms with E-state index >= 15 is 0 Å². The summed E-state index contributed by atoms with van der Waals surface area (Å²) in [6.45, 7) is 2.08. The second kappa shape index (κ2) is 4.93. The molecule has 19 heavy (non-hydrogen) atoms. The van der Waals surface area contributed by atoms with Crippen molar-refractivity contribution in [2.24, 2.45) is 0 Å². The number of hydrogen-bond donors (Lipinski definition) is 1. The number of aromatic nitrogens is 4. The second-order valence-electron chi connectivity index (χ2n) is 4.05. The van der Waals surface area contributed by atoms with Gasteiger partial charge in [-0.1, -0.05) is 5.57 Å². The first-order valence-electron chi connectivity index (χ1n) is 5.60. The first-order valence-corrected chi connectivity index (χ1v) is 7.38. The Hall–Kier alpha value is -1.41. The van der Waals surface area contributed by atoms with Crippen LogP contribution < -0.4 is 5.73 Å². The fourth-order valence-electron chi connectivity index (χ4n) is 1.73. The molecule has 0 bridgehead atoms. The number of halogens is 1. The minimum atomic E-state index is 0.267. The Morgan fingerprint density at radius 2 is 2.16 bits per heavy atom. The summed E-state index contributed by atoms with van der Waals surface area (Å²) in [5.74, 6) is 2.13. The van der Waals surface area contributed by atoms with Gasteiger partial charge in [0.1, 0.15) is 4.60 Å². The van der Waals surface area contributed by atoms with E-state index in [1.54, 1.807) is 11.8 Å². The van der Waals surface area contributed by atoms with Gasteiger partial charge in [-0.05, 0) is 29.3 Å². The molecular formula is C11H10BrN5OS. The smallest absolute Gasteiger partial charge is 0.270 e. The Balaban J connectivity index is 2.02. The number of nitrogen functional groups attached to an aromatic ring is 1. The van der Waals surface area contributed by atoms with E-state index in [2.05, 4.69) is 43.0 Å². The van der Waals surface area contributed by atoms with Gasteiger partial charge in [0.25, 0.3) is 11.8 Å². The van der Waals surface area contributed by atoms with Crippen LogP contribution in [0.15, 0.2) is 20.8 Å². The van der Waals surface area contributed by atoms with Gasteiger partial charge < -0.3 is 10.2 Å². The number of hydrogen-bond acceptors (Lipinski definition) is 7. The van der Waals surface area contributed by atoms with Crippen molar-refractivity contribution in [2.75, 3.05) is 11.5 Å². The Morgan fingerprint density at radius 1 is 1.37 bits per heavy atom. The summed E-state index contributed by atoms with van der Waals surface area (Å²) in [4.78, 5) is 9.27. The van der Waals surface area contributed by atoms with E-state index in [1.165, 1.54) is 11.8 Å². The molecule has 0 aromatic carbocycles. The molecule has 2 aromatic heterocycles. The van der Waals surface area contributed by atoms with E-state index in [0.29, 0.717) is 16.2 Å². The predicted molar refractivity (Wildman–Crippen MR) is 77.1 cm³/mol. The first kappa shape index (κ1) is 12.6. The average Bonchev–Trinajstić information content (AvgIpc) is 3.00. The molecule has 3 rings (SSSR count). The van der Waals surface area contributed by atoms with Crippen LogP contribution in [-0.2, 0) is 0 Å². The highest BCUT2D eigenvalue weighted by Crippen LogP contribution is 2.38. The zero-order chi connectivity index (χ0) is 13.4. The number of thioether (sulfide) groups is 1. The van der Waals surface area contributed by atoms with E-state index in [0.717, 1.165) is 17.1 Å². The maximum atomic E-state index is 5.77. The van der Waals surface area contributed by atoms with Crippen molar-refractivity contribution in [3.05, 3.63) is 22.3 Å². The van der Waals surface area contributed by atoms with Crippen LogP contribution >= 0.6 is 27.7 Å². The molecule has 0 radical (unpaired) electrons. The third-order valence-electron chi connectivity index (χ3n) is 2.70. The minimum Gasteiger partial charge on any atom is -0.414 e. The van der Waals surface area contributed by atoms with Gasteiger partial charge in [-0.15, -0.1) is 22.0 Å². The largest absolute Gasteiger partial charge is 0.414 e. The summed E-state index contributed by atoms with van der Waals surface area (Å²) in [7, 11) is 0. The molecule has 98 valence electrons. The highest BCUT2D eigenvalue weighted by atomic mass is 79.9. The molecule has 0 fully saturated rings. The molecule has 0 amide bonds. The number of nitrogens with zero attached hydrogens (tertiary/aromatic N) is 4. The van der Waals surface area contributed by atoms with Crippen molar-refractivity contribution in [1.82, 2.24) is 20.2 Å². The van der Waals surface area contributed by atoms with Crippen molar-refractivity contribution in [2.45, 2.75) is 13.3 Å². The number of nitrogens with two attached hydrogens (primary N) is 1. The standard InChI is InChI=1S/C11H10BrN5OS/c1-5-2-3-19-8(5)11-17-16-10(18-11)7-9(13)14-4-6(12)15-7/h4H,2-3H2,1H3,(H2,13,14). The third-order valence-corrected chi connectivity index (χ3v) is 4.31. The summed E-state index contributed by atoms with van der Waals surface area (Å²) >= 11 is 4.97. The van der Waals surface area contributed by atoms with Crippen LogP contribution in [-0.4, -0.2) is 25.9 Å². The van der Waals surface area contributed by atoms with Gasteiger partial charge in [0.15, 0.2) is 11.5 Å². The fourth-order valence-corrected chi connectivity index (χ4v) is 3.18. The molecule has 3 heterocycles. The van der Waals surface area contributed by atoms with Gasteiger partial charge in [0.2, 0.25) is 0 Å². The Labute approximate surface area is 122 Å². The van der Waals surface area contributed by atoms with Gasteiger partial charge in [0.05, 0.1) is 11.1 Å².